The average Bonchev–Trinajstić information content (AvgIpc) is 2.47. The number of nitrogens with two attached hydrogens (primary N) is 1. The van der Waals surface area contributed by atoms with Crippen LogP contribution in [0.2, 0.25) is 0 Å². The molecule has 3 nitrogen and oxygen atoms in total. The zero-order chi connectivity index (χ0) is 10.1. The molecule has 0 radical (unpaired) electrons. The van der Waals surface area contributed by atoms with E-state index in [1.165, 1.54) is 3.57 Å². The second-order valence-electron chi connectivity index (χ2n) is 3.09. The van der Waals surface area contributed by atoms with Gasteiger partial charge in [0, 0.05) is 22.2 Å². The third-order valence-electron chi connectivity index (χ3n) is 2.04. The van der Waals surface area contributed by atoms with Crippen LogP contribution in [0.25, 0.3) is 11.3 Å². The number of rotatable bonds is 1. The van der Waals surface area contributed by atoms with Gasteiger partial charge in [-0.15, -0.1) is 0 Å². The molecule has 0 saturated heterocycles. The summed E-state index contributed by atoms with van der Waals surface area (Å²) in [5, 5.41) is 4.31. The lowest BCUT2D eigenvalue weighted by atomic mass is 10.2. The Morgan fingerprint density at radius 3 is 2.71 bits per heavy atom. The van der Waals surface area contributed by atoms with Crippen molar-refractivity contribution in [3.8, 4) is 11.3 Å². The van der Waals surface area contributed by atoms with Crippen LogP contribution >= 0.6 is 22.6 Å². The Morgan fingerprint density at radius 2 is 2.14 bits per heavy atom. The van der Waals surface area contributed by atoms with Crippen molar-refractivity contribution < 1.29 is 0 Å². The number of aryl methyl sites for hydroxylation is 1. The van der Waals surface area contributed by atoms with E-state index in [-0.39, 0.29) is 0 Å². The molecular formula is C10H10IN3. The van der Waals surface area contributed by atoms with Crippen LogP contribution in [0.4, 0.5) is 5.82 Å². The predicted molar refractivity (Wildman–Crippen MR) is 65.8 cm³/mol. The van der Waals surface area contributed by atoms with Gasteiger partial charge in [-0.05, 0) is 34.7 Å². The molecule has 0 aliphatic carbocycles. The fourth-order valence-electron chi connectivity index (χ4n) is 1.27. The zero-order valence-corrected chi connectivity index (χ0v) is 9.89. The lowest BCUT2D eigenvalue weighted by molar-refractivity contribution is 0.782. The summed E-state index contributed by atoms with van der Waals surface area (Å²) in [4.78, 5) is 0. The molecule has 1 aromatic carbocycles. The van der Waals surface area contributed by atoms with Crippen molar-refractivity contribution in [1.29, 1.82) is 0 Å². The highest BCUT2D eigenvalue weighted by Gasteiger charge is 2.04. The van der Waals surface area contributed by atoms with E-state index >= 15 is 0 Å². The summed E-state index contributed by atoms with van der Waals surface area (Å²) in [7, 11) is 1.84. The SMILES string of the molecule is Cn1nc(-c2cccc(I)c2)cc1N. The Labute approximate surface area is 96.1 Å². The van der Waals surface area contributed by atoms with Crippen molar-refractivity contribution in [2.75, 3.05) is 5.73 Å². The molecule has 72 valence electrons. The summed E-state index contributed by atoms with van der Waals surface area (Å²) < 4.78 is 2.87. The topological polar surface area (TPSA) is 43.8 Å². The number of halogens is 1. The summed E-state index contributed by atoms with van der Waals surface area (Å²) in [6.45, 7) is 0. The molecule has 0 unspecified atom stereocenters. The van der Waals surface area contributed by atoms with E-state index in [1.807, 2.05) is 25.2 Å². The first-order valence-electron chi connectivity index (χ1n) is 4.22. The smallest absolute Gasteiger partial charge is 0.121 e. The highest BCUT2D eigenvalue weighted by molar-refractivity contribution is 14.1. The van der Waals surface area contributed by atoms with Gasteiger partial charge in [0.25, 0.3) is 0 Å². The standard InChI is InChI=1S/C10H10IN3/c1-14-10(12)6-9(13-14)7-3-2-4-8(11)5-7/h2-6H,12H2,1H3. The molecule has 0 aliphatic heterocycles. The van der Waals surface area contributed by atoms with E-state index < -0.39 is 0 Å². The van der Waals surface area contributed by atoms with Gasteiger partial charge in [0.1, 0.15) is 5.82 Å². The van der Waals surface area contributed by atoms with E-state index in [9.17, 15) is 0 Å². The van der Waals surface area contributed by atoms with Gasteiger partial charge in [0.15, 0.2) is 0 Å². The number of benzene rings is 1. The van der Waals surface area contributed by atoms with Crippen LogP contribution < -0.4 is 5.73 Å². The minimum Gasteiger partial charge on any atom is -0.384 e. The van der Waals surface area contributed by atoms with E-state index in [0.717, 1.165) is 11.3 Å². The number of hydrogen-bond acceptors (Lipinski definition) is 2. The number of nitrogens with zero attached hydrogens (tertiary/aromatic N) is 2. The van der Waals surface area contributed by atoms with Crippen molar-refractivity contribution in [3.63, 3.8) is 0 Å². The average molecular weight is 299 g/mol. The molecule has 0 aliphatic rings. The number of anilines is 1. The Kier molecular flexibility index (Phi) is 2.45. The van der Waals surface area contributed by atoms with Crippen LogP contribution in [0.3, 0.4) is 0 Å². The summed E-state index contributed by atoms with van der Waals surface area (Å²) in [6.07, 6.45) is 0. The maximum atomic E-state index is 5.71. The van der Waals surface area contributed by atoms with Crippen molar-refractivity contribution >= 4 is 28.4 Å². The van der Waals surface area contributed by atoms with Gasteiger partial charge in [0.2, 0.25) is 0 Å². The van der Waals surface area contributed by atoms with Gasteiger partial charge in [0.05, 0.1) is 5.69 Å². The van der Waals surface area contributed by atoms with Crippen LogP contribution in [0, 0.1) is 3.57 Å². The van der Waals surface area contributed by atoms with Crippen molar-refractivity contribution in [1.82, 2.24) is 9.78 Å². The van der Waals surface area contributed by atoms with E-state index in [0.29, 0.717) is 5.82 Å². The minimum atomic E-state index is 0.680. The molecule has 4 heteroatoms. The summed E-state index contributed by atoms with van der Waals surface area (Å²) >= 11 is 2.28. The Bertz CT molecular complexity index is 443. The quantitative estimate of drug-likeness (QED) is 0.821. The third-order valence-corrected chi connectivity index (χ3v) is 2.71. The van der Waals surface area contributed by atoms with E-state index in [4.69, 9.17) is 5.73 Å². The first-order valence-corrected chi connectivity index (χ1v) is 5.30. The van der Waals surface area contributed by atoms with Crippen LogP contribution in [-0.4, -0.2) is 9.78 Å². The molecule has 0 bridgehead atoms. The molecule has 2 N–H and O–H groups in total. The van der Waals surface area contributed by atoms with Crippen molar-refractivity contribution in [2.24, 2.45) is 7.05 Å². The number of hydrogen-bond donors (Lipinski definition) is 1. The molecule has 0 atom stereocenters. The van der Waals surface area contributed by atoms with Crippen LogP contribution in [0.5, 0.6) is 0 Å². The molecular weight excluding hydrogens is 289 g/mol. The van der Waals surface area contributed by atoms with Gasteiger partial charge in [-0.2, -0.15) is 5.10 Å². The molecule has 0 spiro atoms. The molecule has 2 aromatic rings. The summed E-state index contributed by atoms with van der Waals surface area (Å²) in [6, 6.07) is 10.1. The zero-order valence-electron chi connectivity index (χ0n) is 7.74. The second-order valence-corrected chi connectivity index (χ2v) is 4.33. The van der Waals surface area contributed by atoms with E-state index in [2.05, 4.69) is 39.8 Å². The normalized spacial score (nSPS) is 10.4. The Morgan fingerprint density at radius 1 is 1.36 bits per heavy atom. The van der Waals surface area contributed by atoms with Crippen LogP contribution in [0.1, 0.15) is 0 Å². The van der Waals surface area contributed by atoms with Crippen LogP contribution in [-0.2, 0) is 7.05 Å². The summed E-state index contributed by atoms with van der Waals surface area (Å²) in [5.74, 6) is 0.680. The molecule has 1 aromatic heterocycles. The molecule has 14 heavy (non-hydrogen) atoms. The van der Waals surface area contributed by atoms with Crippen LogP contribution in [0.15, 0.2) is 30.3 Å². The minimum absolute atomic E-state index is 0.680. The maximum absolute atomic E-state index is 5.71. The van der Waals surface area contributed by atoms with Gasteiger partial charge in [-0.25, -0.2) is 0 Å². The molecule has 0 amide bonds. The monoisotopic (exact) mass is 299 g/mol. The second kappa shape index (κ2) is 3.61. The van der Waals surface area contributed by atoms with Gasteiger partial charge >= 0.3 is 0 Å². The lowest BCUT2D eigenvalue weighted by Crippen LogP contribution is -1.96. The predicted octanol–water partition coefficient (Wildman–Crippen LogP) is 2.27. The number of aromatic nitrogens is 2. The lowest BCUT2D eigenvalue weighted by Gasteiger charge is -1.96. The molecule has 1 heterocycles. The van der Waals surface area contributed by atoms with Gasteiger partial charge in [-0.3, -0.25) is 4.68 Å². The van der Waals surface area contributed by atoms with E-state index in [1.54, 1.807) is 4.68 Å². The Balaban J connectivity index is 2.49. The highest BCUT2D eigenvalue weighted by atomic mass is 127. The first-order chi connectivity index (χ1) is 6.66. The van der Waals surface area contributed by atoms with Crippen molar-refractivity contribution in [3.05, 3.63) is 33.9 Å². The fourth-order valence-corrected chi connectivity index (χ4v) is 1.81. The third kappa shape index (κ3) is 1.75. The fraction of sp³-hybridized carbons (Fsp3) is 0.100. The summed E-state index contributed by atoms with van der Waals surface area (Å²) in [5.41, 5.74) is 7.74. The molecule has 2 rings (SSSR count). The maximum Gasteiger partial charge on any atom is 0.121 e. The molecule has 0 saturated carbocycles. The largest absolute Gasteiger partial charge is 0.384 e. The number of nitrogen functional groups attached to an aromatic ring is 1. The highest BCUT2D eigenvalue weighted by Crippen LogP contribution is 2.21. The van der Waals surface area contributed by atoms with Crippen molar-refractivity contribution in [2.45, 2.75) is 0 Å². The Hall–Kier alpha value is -1.04. The van der Waals surface area contributed by atoms with Gasteiger partial charge < -0.3 is 5.73 Å². The van der Waals surface area contributed by atoms with Gasteiger partial charge in [-0.1, -0.05) is 12.1 Å². The first kappa shape index (κ1) is 9.51. The molecule has 0 fully saturated rings.